The molecule has 1 atom stereocenters. The normalized spacial score (nSPS) is 11.5. The quantitative estimate of drug-likeness (QED) is 0.618. The fraction of sp³-hybridized carbons (Fsp3) is 0.190. The van der Waals surface area contributed by atoms with Crippen LogP contribution in [0.4, 0.5) is 5.00 Å². The van der Waals surface area contributed by atoms with Crippen molar-refractivity contribution in [3.8, 4) is 23.1 Å². The molecule has 0 saturated carbocycles. The Hall–Kier alpha value is -3.02. The second-order valence-corrected chi connectivity index (χ2v) is 8.75. The first kappa shape index (κ1) is 20.7. The van der Waals surface area contributed by atoms with Gasteiger partial charge in [-0.2, -0.15) is 5.26 Å². The Labute approximate surface area is 175 Å². The zero-order valence-electron chi connectivity index (χ0n) is 16.0. The first-order chi connectivity index (χ1) is 14.0. The predicted molar refractivity (Wildman–Crippen MR) is 115 cm³/mol. The summed E-state index contributed by atoms with van der Waals surface area (Å²) in [6.07, 6.45) is 1.68. The number of methoxy groups -OCH3 is 1. The second kappa shape index (κ2) is 9.45. The van der Waals surface area contributed by atoms with E-state index in [0.717, 1.165) is 16.0 Å². The third kappa shape index (κ3) is 5.08. The van der Waals surface area contributed by atoms with Crippen LogP contribution in [0.1, 0.15) is 18.1 Å². The van der Waals surface area contributed by atoms with Gasteiger partial charge in [0.25, 0.3) is 0 Å². The number of carbonyl (C=O) groups excluding carboxylic acids is 1. The number of pyridine rings is 1. The van der Waals surface area contributed by atoms with E-state index in [0.29, 0.717) is 27.8 Å². The highest BCUT2D eigenvalue weighted by atomic mass is 32.2. The van der Waals surface area contributed by atoms with Crippen molar-refractivity contribution in [1.82, 2.24) is 4.98 Å². The number of hydrogen-bond acceptors (Lipinski definition) is 6. The minimum Gasteiger partial charge on any atom is -0.481 e. The summed E-state index contributed by atoms with van der Waals surface area (Å²) >= 11 is 1.39. The number of aromatic nitrogens is 1. The average molecular weight is 426 g/mol. The molecule has 0 radical (unpaired) electrons. The van der Waals surface area contributed by atoms with Gasteiger partial charge >= 0.3 is 0 Å². The molecule has 1 unspecified atom stereocenters. The number of anilines is 1. The minimum atomic E-state index is -0.998. The highest BCUT2D eigenvalue weighted by molar-refractivity contribution is 7.85. The predicted octanol–water partition coefficient (Wildman–Crippen LogP) is 4.00. The first-order valence-electron chi connectivity index (χ1n) is 8.84. The van der Waals surface area contributed by atoms with Crippen LogP contribution in [0.25, 0.3) is 11.1 Å². The van der Waals surface area contributed by atoms with E-state index in [4.69, 9.17) is 10.00 Å². The van der Waals surface area contributed by atoms with Crippen LogP contribution < -0.4 is 10.1 Å². The monoisotopic (exact) mass is 425 g/mol. The van der Waals surface area contributed by atoms with Crippen molar-refractivity contribution in [2.24, 2.45) is 0 Å². The van der Waals surface area contributed by atoms with Crippen molar-refractivity contribution in [1.29, 1.82) is 5.26 Å². The lowest BCUT2D eigenvalue weighted by Crippen LogP contribution is -2.13. The van der Waals surface area contributed by atoms with Crippen LogP contribution in [0.2, 0.25) is 0 Å². The van der Waals surface area contributed by atoms with Crippen molar-refractivity contribution in [2.75, 3.05) is 18.2 Å². The summed E-state index contributed by atoms with van der Waals surface area (Å²) < 4.78 is 17.1. The topological polar surface area (TPSA) is 92.1 Å². The summed E-state index contributed by atoms with van der Waals surface area (Å²) in [5.74, 6) is 0.848. The molecule has 2 heterocycles. The number of nitrogens with one attached hydrogen (secondary N) is 1. The Morgan fingerprint density at radius 1 is 1.31 bits per heavy atom. The lowest BCUT2D eigenvalue weighted by atomic mass is 10.1. The maximum Gasteiger partial charge on any atom is 0.229 e. The maximum absolute atomic E-state index is 12.4. The molecule has 0 bridgehead atoms. The van der Waals surface area contributed by atoms with Gasteiger partial charge in [0.05, 0.1) is 34.9 Å². The first-order valence-corrected chi connectivity index (χ1v) is 11.0. The SMILES string of the molecule is CCS(=O)c1ccc(CC(=O)Nc2cc(-c3cc(C#N)cnc3OC)cs2)cc1. The van der Waals surface area contributed by atoms with Crippen LogP contribution in [-0.2, 0) is 22.0 Å². The largest absolute Gasteiger partial charge is 0.481 e. The van der Waals surface area contributed by atoms with Gasteiger partial charge in [-0.25, -0.2) is 4.98 Å². The Morgan fingerprint density at radius 3 is 2.72 bits per heavy atom. The van der Waals surface area contributed by atoms with Gasteiger partial charge < -0.3 is 10.1 Å². The highest BCUT2D eigenvalue weighted by Gasteiger charge is 2.13. The number of nitriles is 1. The number of amides is 1. The molecule has 3 rings (SSSR count). The van der Waals surface area contributed by atoms with E-state index in [2.05, 4.69) is 16.4 Å². The van der Waals surface area contributed by atoms with Crippen LogP contribution >= 0.6 is 11.3 Å². The molecule has 1 N–H and O–H groups in total. The second-order valence-electron chi connectivity index (χ2n) is 6.10. The summed E-state index contributed by atoms with van der Waals surface area (Å²) in [5.41, 5.74) is 2.80. The number of nitrogens with zero attached hydrogens (tertiary/aromatic N) is 2. The number of rotatable bonds is 7. The molecule has 0 aliphatic rings. The van der Waals surface area contributed by atoms with Gasteiger partial charge in [-0.3, -0.25) is 9.00 Å². The number of thiophene rings is 1. The summed E-state index contributed by atoms with van der Waals surface area (Å²) in [6, 6.07) is 12.9. The van der Waals surface area contributed by atoms with E-state index >= 15 is 0 Å². The lowest BCUT2D eigenvalue weighted by molar-refractivity contribution is -0.115. The Morgan fingerprint density at radius 2 is 2.07 bits per heavy atom. The molecule has 29 heavy (non-hydrogen) atoms. The van der Waals surface area contributed by atoms with Gasteiger partial charge in [0.2, 0.25) is 11.8 Å². The van der Waals surface area contributed by atoms with Crippen molar-refractivity contribution < 1.29 is 13.7 Å². The molecular weight excluding hydrogens is 406 g/mol. The molecule has 0 aliphatic carbocycles. The third-order valence-electron chi connectivity index (χ3n) is 4.16. The van der Waals surface area contributed by atoms with Crippen LogP contribution in [0.15, 0.2) is 52.9 Å². The zero-order valence-corrected chi connectivity index (χ0v) is 17.6. The van der Waals surface area contributed by atoms with E-state index in [9.17, 15) is 9.00 Å². The van der Waals surface area contributed by atoms with Crippen molar-refractivity contribution in [3.63, 3.8) is 0 Å². The standard InChI is InChI=1S/C21H19N3O3S2/c1-3-29(26)17-6-4-14(5-7-17)9-19(25)24-20-10-16(13-28-20)18-8-15(11-22)12-23-21(18)27-2/h4-8,10,12-13H,3,9H2,1-2H3,(H,24,25). The molecule has 1 aromatic carbocycles. The summed E-state index contributed by atoms with van der Waals surface area (Å²) in [6.45, 7) is 1.87. The van der Waals surface area contributed by atoms with Crippen LogP contribution in [0.5, 0.6) is 5.88 Å². The molecule has 8 heteroatoms. The van der Waals surface area contributed by atoms with Crippen molar-refractivity contribution >= 4 is 33.0 Å². The van der Waals surface area contributed by atoms with Gasteiger partial charge in [-0.05, 0) is 35.4 Å². The van der Waals surface area contributed by atoms with E-state index in [1.165, 1.54) is 24.6 Å². The Bertz CT molecular complexity index is 1090. The van der Waals surface area contributed by atoms with Crippen LogP contribution in [-0.4, -0.2) is 28.0 Å². The van der Waals surface area contributed by atoms with Gasteiger partial charge in [-0.15, -0.1) is 11.3 Å². The Balaban J connectivity index is 1.70. The van der Waals surface area contributed by atoms with Gasteiger partial charge in [-0.1, -0.05) is 19.1 Å². The van der Waals surface area contributed by atoms with Gasteiger partial charge in [0.1, 0.15) is 6.07 Å². The molecule has 0 saturated heterocycles. The van der Waals surface area contributed by atoms with Crippen molar-refractivity contribution in [2.45, 2.75) is 18.2 Å². The third-order valence-corrected chi connectivity index (χ3v) is 6.33. The maximum atomic E-state index is 12.4. The van der Waals surface area contributed by atoms with E-state index < -0.39 is 10.8 Å². The fourth-order valence-corrected chi connectivity index (χ4v) is 4.31. The van der Waals surface area contributed by atoms with E-state index in [1.54, 1.807) is 18.2 Å². The van der Waals surface area contributed by atoms with E-state index in [1.807, 2.05) is 30.5 Å². The number of hydrogen-bond donors (Lipinski definition) is 1. The average Bonchev–Trinajstić information content (AvgIpc) is 3.21. The number of benzene rings is 1. The highest BCUT2D eigenvalue weighted by Crippen LogP contribution is 2.34. The molecule has 6 nitrogen and oxygen atoms in total. The molecule has 1 amide bonds. The van der Waals surface area contributed by atoms with Gasteiger partial charge in [0, 0.05) is 27.8 Å². The molecule has 3 aromatic rings. The minimum absolute atomic E-state index is 0.140. The Kier molecular flexibility index (Phi) is 6.75. The number of ether oxygens (including phenoxy) is 1. The van der Waals surface area contributed by atoms with Crippen molar-refractivity contribution in [3.05, 3.63) is 59.1 Å². The summed E-state index contributed by atoms with van der Waals surface area (Å²) in [7, 11) is 0.524. The molecule has 2 aromatic heterocycles. The van der Waals surface area contributed by atoms with E-state index in [-0.39, 0.29) is 12.3 Å². The van der Waals surface area contributed by atoms with Gasteiger partial charge in [0.15, 0.2) is 0 Å². The summed E-state index contributed by atoms with van der Waals surface area (Å²) in [4.78, 5) is 17.3. The fourth-order valence-electron chi connectivity index (χ4n) is 2.72. The molecule has 0 aliphatic heterocycles. The van der Waals surface area contributed by atoms with Crippen LogP contribution in [0, 0.1) is 11.3 Å². The zero-order chi connectivity index (χ0) is 20.8. The lowest BCUT2D eigenvalue weighted by Gasteiger charge is -2.06. The van der Waals surface area contributed by atoms with Crippen LogP contribution in [0.3, 0.4) is 0 Å². The number of carbonyl (C=O) groups is 1. The molecular formula is C21H19N3O3S2. The molecule has 0 fully saturated rings. The summed E-state index contributed by atoms with van der Waals surface area (Å²) in [5, 5.41) is 14.6. The molecule has 0 spiro atoms. The smallest absolute Gasteiger partial charge is 0.229 e. The molecule has 148 valence electrons.